The fourth-order valence-corrected chi connectivity index (χ4v) is 5.02. The quantitative estimate of drug-likeness (QED) is 0.0578. The summed E-state index contributed by atoms with van der Waals surface area (Å²) in [6.07, 6.45) is 5.13. The van der Waals surface area contributed by atoms with E-state index in [1.165, 1.54) is 18.6 Å². The van der Waals surface area contributed by atoms with Gasteiger partial charge in [-0.2, -0.15) is 0 Å². The number of amides is 2. The number of ether oxygens (including phenoxy) is 4. The highest BCUT2D eigenvalue weighted by molar-refractivity contribution is 6.48. The Kier molecular flexibility index (Phi) is 16.9. The minimum absolute atomic E-state index is 0.118. The lowest BCUT2D eigenvalue weighted by molar-refractivity contribution is -0.123. The van der Waals surface area contributed by atoms with Gasteiger partial charge < -0.3 is 38.9 Å². The lowest BCUT2D eigenvalue weighted by atomic mass is 9.73. The number of aromatic nitrogens is 2. The molecule has 0 bridgehead atoms. The zero-order chi connectivity index (χ0) is 35.5. The van der Waals surface area contributed by atoms with E-state index in [4.69, 9.17) is 33.8 Å². The Morgan fingerprint density at radius 2 is 1.59 bits per heavy atom. The zero-order valence-corrected chi connectivity index (χ0v) is 29.2. The van der Waals surface area contributed by atoms with Crippen LogP contribution < -0.4 is 10.6 Å². The number of nitrogens with one attached hydrogen (secondary N) is 2. The summed E-state index contributed by atoms with van der Waals surface area (Å²) in [5, 5.41) is 9.36. The van der Waals surface area contributed by atoms with Crippen molar-refractivity contribution >= 4 is 18.9 Å². The molecule has 0 radical (unpaired) electrons. The van der Waals surface area contributed by atoms with Gasteiger partial charge in [0, 0.05) is 30.3 Å². The Morgan fingerprint density at radius 3 is 2.20 bits per heavy atom. The summed E-state index contributed by atoms with van der Waals surface area (Å²) in [6, 6.07) is 8.61. The summed E-state index contributed by atoms with van der Waals surface area (Å²) in [7, 11) is -0.750. The van der Waals surface area contributed by atoms with E-state index < -0.39 is 36.2 Å². The largest absolute Gasteiger partial charge is 0.481 e. The molecule has 1 aromatic carbocycles. The Balaban J connectivity index is 1.53. The van der Waals surface area contributed by atoms with Crippen molar-refractivity contribution in [3.05, 3.63) is 70.6 Å². The van der Waals surface area contributed by atoms with Gasteiger partial charge in [0.1, 0.15) is 17.3 Å². The topological polar surface area (TPSA) is 188 Å². The predicted molar refractivity (Wildman–Crippen MR) is 183 cm³/mol. The number of carbonyl (C=O) groups is 2. The molecule has 0 saturated carbocycles. The van der Waals surface area contributed by atoms with Crippen molar-refractivity contribution in [2.24, 2.45) is 11.0 Å². The van der Waals surface area contributed by atoms with Crippen LogP contribution in [0.4, 0.5) is 0 Å². The Labute approximate surface area is 288 Å². The summed E-state index contributed by atoms with van der Waals surface area (Å²) >= 11 is 0. The number of nitrogens with zero attached hydrogens (tertiary/aromatic N) is 5. The number of azide groups is 1. The molecule has 16 heteroatoms. The smallest absolute Gasteiger partial charge is 0.402 e. The molecule has 1 unspecified atom stereocenters. The SMILES string of the molecule is CC(C)C[C@H](NC(=O)[C@H](Cc1ccccc1)NC(=O)c1cnccn1)B1OC(C)(C)C(C)(COCCOCCOCCOCCN=[N+]=[N-])O1. The molecular weight excluding hydrogens is 633 g/mol. The average molecular weight is 684 g/mol. The second-order valence-electron chi connectivity index (χ2n) is 12.7. The molecule has 2 heterocycles. The highest BCUT2D eigenvalue weighted by Gasteiger charge is 2.57. The molecule has 15 nitrogen and oxygen atoms in total. The average Bonchev–Trinajstić information content (AvgIpc) is 3.32. The third-order valence-electron chi connectivity index (χ3n) is 8.03. The van der Waals surface area contributed by atoms with Crippen LogP contribution in [0, 0.1) is 5.92 Å². The number of benzene rings is 1. The van der Waals surface area contributed by atoms with E-state index in [1.54, 1.807) is 0 Å². The van der Waals surface area contributed by atoms with Crippen LogP contribution in [0.15, 0.2) is 54.0 Å². The van der Waals surface area contributed by atoms with Gasteiger partial charge in [-0.05, 0) is 44.2 Å². The molecule has 1 aromatic heterocycles. The van der Waals surface area contributed by atoms with Crippen molar-refractivity contribution in [3.63, 3.8) is 0 Å². The third-order valence-corrected chi connectivity index (χ3v) is 8.03. The Hall–Kier alpha value is -3.63. The monoisotopic (exact) mass is 683 g/mol. The molecule has 3 rings (SSSR count). The van der Waals surface area contributed by atoms with Crippen LogP contribution in [0.3, 0.4) is 0 Å². The fraction of sp³-hybridized carbons (Fsp3) is 0.636. The maximum atomic E-state index is 13.9. The molecule has 3 atom stereocenters. The van der Waals surface area contributed by atoms with Gasteiger partial charge in [-0.15, -0.1) is 0 Å². The van der Waals surface area contributed by atoms with Gasteiger partial charge >= 0.3 is 7.12 Å². The number of rotatable bonds is 23. The van der Waals surface area contributed by atoms with Crippen LogP contribution in [0.25, 0.3) is 10.4 Å². The van der Waals surface area contributed by atoms with E-state index in [0.29, 0.717) is 59.2 Å². The van der Waals surface area contributed by atoms with Crippen LogP contribution in [0.1, 0.15) is 57.1 Å². The van der Waals surface area contributed by atoms with Gasteiger partial charge in [-0.3, -0.25) is 14.6 Å². The first-order chi connectivity index (χ1) is 23.5. The van der Waals surface area contributed by atoms with Gasteiger partial charge in [0.05, 0.1) is 70.6 Å². The maximum absolute atomic E-state index is 13.9. The minimum atomic E-state index is -0.884. The normalized spacial score (nSPS) is 18.1. The van der Waals surface area contributed by atoms with Crippen molar-refractivity contribution in [2.75, 3.05) is 59.4 Å². The minimum Gasteiger partial charge on any atom is -0.402 e. The van der Waals surface area contributed by atoms with Gasteiger partial charge in [0.15, 0.2) is 0 Å². The summed E-state index contributed by atoms with van der Waals surface area (Å²) in [6.45, 7) is 13.2. The second-order valence-corrected chi connectivity index (χ2v) is 12.7. The zero-order valence-electron chi connectivity index (χ0n) is 29.2. The summed E-state index contributed by atoms with van der Waals surface area (Å²) in [5.74, 6) is -1.14. The van der Waals surface area contributed by atoms with Crippen molar-refractivity contribution in [1.29, 1.82) is 0 Å². The molecule has 1 saturated heterocycles. The number of hydrogen-bond acceptors (Lipinski definition) is 11. The molecule has 0 aliphatic carbocycles. The van der Waals surface area contributed by atoms with Crippen LogP contribution in [0.5, 0.6) is 0 Å². The molecule has 1 fully saturated rings. The lowest BCUT2D eigenvalue weighted by Gasteiger charge is -2.36. The van der Waals surface area contributed by atoms with Gasteiger partial charge in [-0.25, -0.2) is 4.98 Å². The molecule has 0 spiro atoms. The summed E-state index contributed by atoms with van der Waals surface area (Å²) in [4.78, 5) is 37.6. The number of hydrogen-bond donors (Lipinski definition) is 2. The first-order valence-corrected chi connectivity index (χ1v) is 16.6. The first kappa shape index (κ1) is 39.8. The molecule has 1 aliphatic rings. The van der Waals surface area contributed by atoms with Crippen LogP contribution in [-0.4, -0.2) is 111 Å². The van der Waals surface area contributed by atoms with Gasteiger partial charge in [0.2, 0.25) is 5.91 Å². The van der Waals surface area contributed by atoms with Crippen LogP contribution >= 0.6 is 0 Å². The Morgan fingerprint density at radius 1 is 0.939 bits per heavy atom. The van der Waals surface area contributed by atoms with E-state index in [2.05, 4.69) is 44.5 Å². The number of carbonyl (C=O) groups excluding carboxylic acids is 2. The molecule has 1 aliphatic heterocycles. The van der Waals surface area contributed by atoms with E-state index in [0.717, 1.165) is 5.56 Å². The molecule has 268 valence electrons. The van der Waals surface area contributed by atoms with E-state index in [1.807, 2.05) is 51.1 Å². The predicted octanol–water partition coefficient (Wildman–Crippen LogP) is 3.34. The molecular formula is C33H50BN7O8. The van der Waals surface area contributed by atoms with Crippen molar-refractivity contribution in [1.82, 2.24) is 20.6 Å². The summed E-state index contributed by atoms with van der Waals surface area (Å²) in [5.41, 5.74) is 7.69. The maximum Gasteiger partial charge on any atom is 0.481 e. The first-order valence-electron chi connectivity index (χ1n) is 16.6. The van der Waals surface area contributed by atoms with Crippen LogP contribution in [-0.2, 0) is 39.5 Å². The van der Waals surface area contributed by atoms with E-state index in [9.17, 15) is 9.59 Å². The fourth-order valence-electron chi connectivity index (χ4n) is 5.02. The molecule has 2 aromatic rings. The molecule has 2 amide bonds. The van der Waals surface area contributed by atoms with E-state index in [-0.39, 0.29) is 30.5 Å². The Bertz CT molecular complexity index is 1320. The standard InChI is InChI=1S/C33H50BN7O8/c1-25(2)21-29(40-30(42)27(22-26-9-7-6-8-10-26)39-31(43)28-23-36-11-12-37-28)34-48-32(3,4)33(5,49-34)24-47-20-19-46-18-17-45-16-15-44-14-13-38-41-35/h6-12,23,25,27,29H,13-22,24H2,1-5H3,(H,39,43)(H,40,42)/t27-,29-,33?/m0/s1. The van der Waals surface area contributed by atoms with Crippen molar-refractivity contribution in [3.8, 4) is 0 Å². The van der Waals surface area contributed by atoms with Gasteiger partial charge in [-0.1, -0.05) is 49.3 Å². The molecule has 2 N–H and O–H groups in total. The van der Waals surface area contributed by atoms with Crippen molar-refractivity contribution < 1.29 is 37.8 Å². The summed E-state index contributed by atoms with van der Waals surface area (Å²) < 4.78 is 35.3. The second kappa shape index (κ2) is 20.8. The lowest BCUT2D eigenvalue weighted by Crippen LogP contribution is -2.55. The third kappa shape index (κ3) is 13.7. The van der Waals surface area contributed by atoms with Gasteiger partial charge in [0.25, 0.3) is 5.91 Å². The van der Waals surface area contributed by atoms with E-state index >= 15 is 0 Å². The highest BCUT2D eigenvalue weighted by Crippen LogP contribution is 2.39. The molecule has 49 heavy (non-hydrogen) atoms. The highest BCUT2D eigenvalue weighted by atomic mass is 16.7. The van der Waals surface area contributed by atoms with Crippen molar-refractivity contribution in [2.45, 2.75) is 70.6 Å². The van der Waals surface area contributed by atoms with Crippen LogP contribution in [0.2, 0.25) is 0 Å².